The zero-order chi connectivity index (χ0) is 13.9. The van der Waals surface area contributed by atoms with Crippen molar-refractivity contribution in [2.24, 2.45) is 11.3 Å². The van der Waals surface area contributed by atoms with Gasteiger partial charge in [-0.05, 0) is 12.0 Å². The smallest absolute Gasteiger partial charge is 0.267 e. The second-order valence-corrected chi connectivity index (χ2v) is 6.03. The van der Waals surface area contributed by atoms with Crippen LogP contribution in [0.2, 0.25) is 5.02 Å². The molecule has 0 saturated carbocycles. The number of rotatable bonds is 5. The van der Waals surface area contributed by atoms with Gasteiger partial charge >= 0.3 is 0 Å². The molecular formula is C13H21ClN2O2. The van der Waals surface area contributed by atoms with E-state index in [9.17, 15) is 9.90 Å². The number of aromatic nitrogens is 1. The minimum atomic E-state index is -0.468. The summed E-state index contributed by atoms with van der Waals surface area (Å²) < 4.78 is 0. The van der Waals surface area contributed by atoms with Gasteiger partial charge in [0, 0.05) is 18.2 Å². The Balaban J connectivity index is 2.57. The van der Waals surface area contributed by atoms with E-state index < -0.39 is 6.10 Å². The first-order valence-corrected chi connectivity index (χ1v) is 6.42. The number of carbonyl (C=O) groups excluding carboxylic acids is 1. The van der Waals surface area contributed by atoms with Gasteiger partial charge in [0.25, 0.3) is 5.91 Å². The van der Waals surface area contributed by atoms with E-state index in [2.05, 4.69) is 10.3 Å². The van der Waals surface area contributed by atoms with Gasteiger partial charge in [0.2, 0.25) is 0 Å². The Kier molecular flexibility index (Phi) is 4.82. The number of amides is 1. The van der Waals surface area contributed by atoms with Crippen LogP contribution in [0.25, 0.3) is 0 Å². The Morgan fingerprint density at radius 1 is 1.56 bits per heavy atom. The number of nitrogens with one attached hydrogen (secondary N) is 2. The van der Waals surface area contributed by atoms with Gasteiger partial charge in [-0.2, -0.15) is 0 Å². The highest BCUT2D eigenvalue weighted by Crippen LogP contribution is 2.25. The maximum absolute atomic E-state index is 11.8. The second-order valence-electron chi connectivity index (χ2n) is 5.59. The lowest BCUT2D eigenvalue weighted by Gasteiger charge is -2.33. The number of H-pyrrole nitrogens is 1. The molecule has 4 nitrogen and oxygen atoms in total. The molecule has 1 atom stereocenters. The summed E-state index contributed by atoms with van der Waals surface area (Å²) in [5.41, 5.74) is 0.0510. The molecule has 0 radical (unpaired) electrons. The zero-order valence-electron chi connectivity index (χ0n) is 11.2. The van der Waals surface area contributed by atoms with E-state index in [-0.39, 0.29) is 17.2 Å². The van der Waals surface area contributed by atoms with Crippen LogP contribution in [0, 0.1) is 11.3 Å². The maximum atomic E-state index is 11.8. The minimum Gasteiger partial charge on any atom is -0.392 e. The van der Waals surface area contributed by atoms with Crippen molar-refractivity contribution in [2.75, 3.05) is 6.54 Å². The summed E-state index contributed by atoms with van der Waals surface area (Å²) in [5.74, 6) is -0.0669. The Morgan fingerprint density at radius 3 is 2.61 bits per heavy atom. The SMILES string of the molecule is CC(C)C(O)C(C)(C)CNC(=O)c1cc(Cl)c[nH]1. The number of aromatic amines is 1. The van der Waals surface area contributed by atoms with Crippen LogP contribution in [-0.2, 0) is 0 Å². The van der Waals surface area contributed by atoms with E-state index in [0.29, 0.717) is 17.3 Å². The van der Waals surface area contributed by atoms with Crippen LogP contribution in [-0.4, -0.2) is 28.6 Å². The number of aliphatic hydroxyl groups excluding tert-OH is 1. The molecule has 1 heterocycles. The molecule has 1 amide bonds. The van der Waals surface area contributed by atoms with Gasteiger partial charge in [-0.15, -0.1) is 0 Å². The van der Waals surface area contributed by atoms with Crippen LogP contribution < -0.4 is 5.32 Å². The summed E-state index contributed by atoms with van der Waals surface area (Å²) in [6.07, 6.45) is 1.09. The molecule has 3 N–H and O–H groups in total. The van der Waals surface area contributed by atoms with Crippen molar-refractivity contribution in [2.45, 2.75) is 33.8 Å². The first-order valence-electron chi connectivity index (χ1n) is 6.04. The van der Waals surface area contributed by atoms with Crippen molar-refractivity contribution in [3.05, 3.63) is 23.0 Å². The molecule has 0 fully saturated rings. The summed E-state index contributed by atoms with van der Waals surface area (Å²) in [5, 5.41) is 13.4. The van der Waals surface area contributed by atoms with Gasteiger partial charge in [0.15, 0.2) is 0 Å². The lowest BCUT2D eigenvalue weighted by Crippen LogP contribution is -2.43. The fourth-order valence-corrected chi connectivity index (χ4v) is 2.07. The number of aliphatic hydroxyl groups is 1. The highest BCUT2D eigenvalue weighted by molar-refractivity contribution is 6.30. The minimum absolute atomic E-state index is 0.150. The molecule has 1 aromatic heterocycles. The molecule has 18 heavy (non-hydrogen) atoms. The Morgan fingerprint density at radius 2 is 2.17 bits per heavy atom. The molecule has 1 aromatic rings. The lowest BCUT2D eigenvalue weighted by atomic mass is 9.80. The predicted octanol–water partition coefficient (Wildman–Crippen LogP) is 2.44. The molecule has 1 rings (SSSR count). The number of carbonyl (C=O) groups is 1. The van der Waals surface area contributed by atoms with Crippen molar-refractivity contribution in [1.82, 2.24) is 10.3 Å². The van der Waals surface area contributed by atoms with Crippen LogP contribution >= 0.6 is 11.6 Å². The second kappa shape index (κ2) is 5.76. The maximum Gasteiger partial charge on any atom is 0.267 e. The molecule has 0 saturated heterocycles. The topological polar surface area (TPSA) is 65.1 Å². The normalized spacial score (nSPS) is 13.7. The van der Waals surface area contributed by atoms with E-state index in [1.165, 1.54) is 0 Å². The highest BCUT2D eigenvalue weighted by Gasteiger charge is 2.30. The fraction of sp³-hybridized carbons (Fsp3) is 0.615. The summed E-state index contributed by atoms with van der Waals surface area (Å²) in [4.78, 5) is 14.6. The van der Waals surface area contributed by atoms with Crippen LogP contribution in [0.3, 0.4) is 0 Å². The van der Waals surface area contributed by atoms with Gasteiger partial charge in [-0.25, -0.2) is 0 Å². The Bertz CT molecular complexity index is 413. The van der Waals surface area contributed by atoms with Crippen LogP contribution in [0.5, 0.6) is 0 Å². The first-order chi connectivity index (χ1) is 8.24. The third-order valence-corrected chi connectivity index (χ3v) is 3.25. The van der Waals surface area contributed by atoms with E-state index in [1.54, 1.807) is 12.3 Å². The van der Waals surface area contributed by atoms with Gasteiger partial charge in [0.1, 0.15) is 5.69 Å². The van der Waals surface area contributed by atoms with E-state index in [1.807, 2.05) is 27.7 Å². The van der Waals surface area contributed by atoms with Crippen molar-refractivity contribution >= 4 is 17.5 Å². The standard InChI is InChI=1S/C13H21ClN2O2/c1-8(2)11(17)13(3,4)7-16-12(18)10-5-9(14)6-15-10/h5-6,8,11,15,17H,7H2,1-4H3,(H,16,18). The summed E-state index contributed by atoms with van der Waals surface area (Å²) >= 11 is 5.74. The summed E-state index contributed by atoms with van der Waals surface area (Å²) in [6, 6.07) is 1.57. The van der Waals surface area contributed by atoms with Gasteiger partial charge < -0.3 is 15.4 Å². The zero-order valence-corrected chi connectivity index (χ0v) is 12.0. The third kappa shape index (κ3) is 3.75. The molecule has 5 heteroatoms. The summed E-state index contributed by atoms with van der Waals surface area (Å²) in [7, 11) is 0. The Hall–Kier alpha value is -1.00. The van der Waals surface area contributed by atoms with E-state index in [4.69, 9.17) is 11.6 Å². The van der Waals surface area contributed by atoms with Gasteiger partial charge in [-0.1, -0.05) is 39.3 Å². The van der Waals surface area contributed by atoms with Crippen LogP contribution in [0.15, 0.2) is 12.3 Å². The molecule has 0 bridgehead atoms. The molecule has 0 aliphatic heterocycles. The number of halogens is 1. The number of hydrogen-bond donors (Lipinski definition) is 3. The highest BCUT2D eigenvalue weighted by atomic mass is 35.5. The molecule has 0 aromatic carbocycles. The monoisotopic (exact) mass is 272 g/mol. The van der Waals surface area contributed by atoms with Gasteiger partial charge in [-0.3, -0.25) is 4.79 Å². The van der Waals surface area contributed by atoms with Crippen molar-refractivity contribution < 1.29 is 9.90 Å². The molecule has 1 unspecified atom stereocenters. The lowest BCUT2D eigenvalue weighted by molar-refractivity contribution is 0.0138. The predicted molar refractivity (Wildman–Crippen MR) is 72.8 cm³/mol. The fourth-order valence-electron chi connectivity index (χ4n) is 1.91. The molecule has 0 spiro atoms. The van der Waals surface area contributed by atoms with Crippen LogP contribution in [0.4, 0.5) is 0 Å². The van der Waals surface area contributed by atoms with Crippen molar-refractivity contribution in [3.8, 4) is 0 Å². The third-order valence-electron chi connectivity index (χ3n) is 3.03. The van der Waals surface area contributed by atoms with Crippen molar-refractivity contribution in [1.29, 1.82) is 0 Å². The largest absolute Gasteiger partial charge is 0.392 e. The molecule has 0 aliphatic rings. The average molecular weight is 273 g/mol. The average Bonchev–Trinajstić information content (AvgIpc) is 2.71. The van der Waals surface area contributed by atoms with Crippen LogP contribution in [0.1, 0.15) is 38.2 Å². The number of hydrogen-bond acceptors (Lipinski definition) is 2. The first kappa shape index (κ1) is 15.1. The Labute approximate surface area is 113 Å². The molecule has 0 aliphatic carbocycles. The van der Waals surface area contributed by atoms with E-state index in [0.717, 1.165) is 0 Å². The summed E-state index contributed by atoms with van der Waals surface area (Å²) in [6.45, 7) is 8.18. The quantitative estimate of drug-likeness (QED) is 0.771. The molecule has 102 valence electrons. The van der Waals surface area contributed by atoms with Gasteiger partial charge in [0.05, 0.1) is 11.1 Å². The van der Waals surface area contributed by atoms with E-state index >= 15 is 0 Å². The molecular weight excluding hydrogens is 252 g/mol. The van der Waals surface area contributed by atoms with Crippen molar-refractivity contribution in [3.63, 3.8) is 0 Å².